The predicted octanol–water partition coefficient (Wildman–Crippen LogP) is 2.93. The molecule has 0 atom stereocenters. The van der Waals surface area contributed by atoms with Crippen molar-refractivity contribution in [2.45, 2.75) is 24.7 Å². The second-order valence-corrected chi connectivity index (χ2v) is 4.34. The van der Waals surface area contributed by atoms with Gasteiger partial charge in [0.05, 0.1) is 13.0 Å². The molecule has 17 heavy (non-hydrogen) atoms. The third-order valence-corrected chi connectivity index (χ3v) is 2.98. The van der Waals surface area contributed by atoms with E-state index in [9.17, 15) is 9.59 Å². The SMILES string of the molecule is CCOC(=O)CCC(=O)c1cccc(SC)c1. The molecule has 0 heterocycles. The Morgan fingerprint density at radius 1 is 1.29 bits per heavy atom. The van der Waals surface area contributed by atoms with Crippen LogP contribution in [0.5, 0.6) is 0 Å². The normalized spacial score (nSPS) is 10.0. The molecule has 0 saturated carbocycles. The van der Waals surface area contributed by atoms with Crippen LogP contribution in [0, 0.1) is 0 Å². The van der Waals surface area contributed by atoms with E-state index in [-0.39, 0.29) is 24.6 Å². The van der Waals surface area contributed by atoms with Gasteiger partial charge in [0.15, 0.2) is 5.78 Å². The Bertz CT molecular complexity index is 401. The van der Waals surface area contributed by atoms with Gasteiger partial charge in [-0.2, -0.15) is 0 Å². The van der Waals surface area contributed by atoms with E-state index >= 15 is 0 Å². The minimum Gasteiger partial charge on any atom is -0.466 e. The van der Waals surface area contributed by atoms with Crippen LogP contribution in [-0.4, -0.2) is 24.6 Å². The van der Waals surface area contributed by atoms with Gasteiger partial charge in [0.2, 0.25) is 0 Å². The molecule has 0 aromatic heterocycles. The van der Waals surface area contributed by atoms with Crippen molar-refractivity contribution in [3.05, 3.63) is 29.8 Å². The van der Waals surface area contributed by atoms with Crippen LogP contribution < -0.4 is 0 Å². The largest absolute Gasteiger partial charge is 0.466 e. The average molecular weight is 252 g/mol. The molecule has 1 aromatic carbocycles. The smallest absolute Gasteiger partial charge is 0.306 e. The molecule has 3 nitrogen and oxygen atoms in total. The zero-order valence-corrected chi connectivity index (χ0v) is 10.9. The monoisotopic (exact) mass is 252 g/mol. The molecule has 0 spiro atoms. The first kappa shape index (κ1) is 13.8. The Labute approximate surface area is 106 Å². The number of hydrogen-bond donors (Lipinski definition) is 0. The maximum absolute atomic E-state index is 11.8. The summed E-state index contributed by atoms with van der Waals surface area (Å²) in [6, 6.07) is 7.42. The van der Waals surface area contributed by atoms with Crippen molar-refractivity contribution >= 4 is 23.5 Å². The summed E-state index contributed by atoms with van der Waals surface area (Å²) in [5.41, 5.74) is 0.654. The Morgan fingerprint density at radius 2 is 2.06 bits per heavy atom. The highest BCUT2D eigenvalue weighted by Gasteiger charge is 2.10. The molecule has 0 fully saturated rings. The second-order valence-electron chi connectivity index (χ2n) is 3.46. The molecule has 4 heteroatoms. The van der Waals surface area contributed by atoms with Crippen LogP contribution in [0.15, 0.2) is 29.2 Å². The molecule has 0 unspecified atom stereocenters. The Morgan fingerprint density at radius 3 is 2.71 bits per heavy atom. The molecule has 92 valence electrons. The van der Waals surface area contributed by atoms with Crippen molar-refractivity contribution in [1.29, 1.82) is 0 Å². The van der Waals surface area contributed by atoms with Crippen LogP contribution in [0.4, 0.5) is 0 Å². The molecule has 0 aliphatic heterocycles. The van der Waals surface area contributed by atoms with E-state index in [4.69, 9.17) is 4.74 Å². The average Bonchev–Trinajstić information content (AvgIpc) is 2.36. The number of ether oxygens (including phenoxy) is 1. The highest BCUT2D eigenvalue weighted by molar-refractivity contribution is 7.98. The lowest BCUT2D eigenvalue weighted by Gasteiger charge is -2.03. The standard InChI is InChI=1S/C13H16O3S/c1-3-16-13(15)8-7-12(14)10-5-4-6-11(9-10)17-2/h4-6,9H,3,7-8H2,1-2H3. The number of carbonyl (C=O) groups is 2. The van der Waals surface area contributed by atoms with Gasteiger partial charge in [-0.05, 0) is 25.3 Å². The predicted molar refractivity (Wildman–Crippen MR) is 68.4 cm³/mol. The number of thioether (sulfide) groups is 1. The van der Waals surface area contributed by atoms with Crippen molar-refractivity contribution in [3.8, 4) is 0 Å². The van der Waals surface area contributed by atoms with Crippen LogP contribution in [0.2, 0.25) is 0 Å². The summed E-state index contributed by atoms with van der Waals surface area (Å²) in [6.07, 6.45) is 2.31. The molecular weight excluding hydrogens is 236 g/mol. The summed E-state index contributed by atoms with van der Waals surface area (Å²) in [5.74, 6) is -0.337. The minimum atomic E-state index is -0.318. The number of carbonyl (C=O) groups excluding carboxylic acids is 2. The van der Waals surface area contributed by atoms with Gasteiger partial charge in [0, 0.05) is 16.9 Å². The highest BCUT2D eigenvalue weighted by Crippen LogP contribution is 2.17. The van der Waals surface area contributed by atoms with E-state index in [0.717, 1.165) is 4.90 Å². The van der Waals surface area contributed by atoms with Crippen molar-refractivity contribution in [3.63, 3.8) is 0 Å². The maximum atomic E-state index is 11.8. The first-order chi connectivity index (χ1) is 8.17. The molecule has 0 aliphatic carbocycles. The molecule has 0 radical (unpaired) electrons. The fourth-order valence-electron chi connectivity index (χ4n) is 1.39. The summed E-state index contributed by atoms with van der Waals surface area (Å²) in [5, 5.41) is 0. The van der Waals surface area contributed by atoms with Crippen molar-refractivity contribution in [1.82, 2.24) is 0 Å². The number of hydrogen-bond acceptors (Lipinski definition) is 4. The third kappa shape index (κ3) is 4.61. The van der Waals surface area contributed by atoms with Gasteiger partial charge in [-0.1, -0.05) is 12.1 Å². The van der Waals surface area contributed by atoms with E-state index < -0.39 is 0 Å². The van der Waals surface area contributed by atoms with Crippen LogP contribution in [0.25, 0.3) is 0 Å². The number of Topliss-reactive ketones (excluding diaryl/α,β-unsaturated/α-hetero) is 1. The molecule has 0 amide bonds. The first-order valence-corrected chi connectivity index (χ1v) is 6.72. The zero-order chi connectivity index (χ0) is 12.7. The molecular formula is C13H16O3S. The van der Waals surface area contributed by atoms with Gasteiger partial charge in [-0.3, -0.25) is 9.59 Å². The minimum absolute atomic E-state index is 0.0195. The van der Waals surface area contributed by atoms with E-state index in [1.54, 1.807) is 24.8 Å². The maximum Gasteiger partial charge on any atom is 0.306 e. The molecule has 1 aromatic rings. The lowest BCUT2D eigenvalue weighted by molar-refractivity contribution is -0.143. The van der Waals surface area contributed by atoms with Gasteiger partial charge in [-0.25, -0.2) is 0 Å². The lowest BCUT2D eigenvalue weighted by atomic mass is 10.1. The zero-order valence-electron chi connectivity index (χ0n) is 10.1. The van der Waals surface area contributed by atoms with E-state index in [2.05, 4.69) is 0 Å². The fraction of sp³-hybridized carbons (Fsp3) is 0.385. The first-order valence-electron chi connectivity index (χ1n) is 5.50. The van der Waals surface area contributed by atoms with Gasteiger partial charge >= 0.3 is 5.97 Å². The van der Waals surface area contributed by atoms with Crippen molar-refractivity contribution < 1.29 is 14.3 Å². The summed E-state index contributed by atoms with van der Waals surface area (Å²) in [7, 11) is 0. The highest BCUT2D eigenvalue weighted by atomic mass is 32.2. The van der Waals surface area contributed by atoms with Crippen LogP contribution in [0.1, 0.15) is 30.1 Å². The van der Waals surface area contributed by atoms with Gasteiger partial charge in [0.1, 0.15) is 0 Å². The van der Waals surface area contributed by atoms with Crippen LogP contribution in [0.3, 0.4) is 0 Å². The number of ketones is 1. The van der Waals surface area contributed by atoms with Crippen LogP contribution in [-0.2, 0) is 9.53 Å². The number of benzene rings is 1. The van der Waals surface area contributed by atoms with E-state index in [1.807, 2.05) is 24.5 Å². The number of esters is 1. The summed E-state index contributed by atoms with van der Waals surface area (Å²) in [4.78, 5) is 24.0. The summed E-state index contributed by atoms with van der Waals surface area (Å²) in [6.45, 7) is 2.11. The third-order valence-electron chi connectivity index (χ3n) is 2.25. The van der Waals surface area contributed by atoms with Gasteiger partial charge in [-0.15, -0.1) is 11.8 Å². The van der Waals surface area contributed by atoms with Crippen molar-refractivity contribution in [2.75, 3.05) is 12.9 Å². The molecule has 0 aliphatic rings. The summed E-state index contributed by atoms with van der Waals surface area (Å²) < 4.78 is 4.78. The molecule has 0 saturated heterocycles. The Balaban J connectivity index is 2.54. The Kier molecular flexibility index (Phi) is 5.77. The van der Waals surface area contributed by atoms with E-state index in [1.165, 1.54) is 0 Å². The number of rotatable bonds is 6. The molecule has 0 bridgehead atoms. The fourth-order valence-corrected chi connectivity index (χ4v) is 1.85. The molecule has 0 N–H and O–H groups in total. The van der Waals surface area contributed by atoms with E-state index in [0.29, 0.717) is 12.2 Å². The van der Waals surface area contributed by atoms with Gasteiger partial charge in [0.25, 0.3) is 0 Å². The van der Waals surface area contributed by atoms with Crippen molar-refractivity contribution in [2.24, 2.45) is 0 Å². The lowest BCUT2D eigenvalue weighted by Crippen LogP contribution is -2.07. The molecule has 1 rings (SSSR count). The quantitative estimate of drug-likeness (QED) is 0.443. The second kappa shape index (κ2) is 7.12. The van der Waals surface area contributed by atoms with Gasteiger partial charge < -0.3 is 4.74 Å². The topological polar surface area (TPSA) is 43.4 Å². The van der Waals surface area contributed by atoms with Crippen LogP contribution >= 0.6 is 11.8 Å². The summed E-state index contributed by atoms with van der Waals surface area (Å²) >= 11 is 1.59. The Hall–Kier alpha value is -1.29.